The molecule has 0 aliphatic heterocycles. The molecule has 1 aromatic carbocycles. The highest BCUT2D eigenvalue weighted by molar-refractivity contribution is 5.30. The van der Waals surface area contributed by atoms with Crippen LogP contribution in [0, 0.1) is 5.92 Å². The third kappa shape index (κ3) is 4.61. The molecule has 2 N–H and O–H groups in total. The summed E-state index contributed by atoms with van der Waals surface area (Å²) in [5, 5.41) is 20.4. The average Bonchev–Trinajstić information content (AvgIpc) is 2.45. The van der Waals surface area contributed by atoms with Gasteiger partial charge in [-0.05, 0) is 36.5 Å². The van der Waals surface area contributed by atoms with E-state index in [0.29, 0.717) is 0 Å². The highest BCUT2D eigenvalue weighted by Crippen LogP contribution is 2.33. The van der Waals surface area contributed by atoms with E-state index in [1.807, 2.05) is 0 Å². The van der Waals surface area contributed by atoms with Crippen LogP contribution in [0.2, 0.25) is 0 Å². The van der Waals surface area contributed by atoms with Crippen LogP contribution in [-0.2, 0) is 0 Å². The SMILES string of the molecule is OC(c1cccc(OC(F)(F)F)c1)C(O)C1CCCCC1. The molecule has 21 heavy (non-hydrogen) atoms. The van der Waals surface area contributed by atoms with Gasteiger partial charge in [-0.1, -0.05) is 31.4 Å². The van der Waals surface area contributed by atoms with Crippen LogP contribution in [0.3, 0.4) is 0 Å². The molecule has 0 bridgehead atoms. The summed E-state index contributed by atoms with van der Waals surface area (Å²) in [7, 11) is 0. The maximum absolute atomic E-state index is 12.2. The number of rotatable bonds is 4. The average molecular weight is 304 g/mol. The molecule has 1 aliphatic carbocycles. The Bertz CT molecular complexity index is 456. The number of hydrogen-bond donors (Lipinski definition) is 2. The van der Waals surface area contributed by atoms with Crippen LogP contribution >= 0.6 is 0 Å². The molecule has 2 rings (SSSR count). The molecule has 6 heteroatoms. The molecule has 1 aliphatic rings. The number of ether oxygens (including phenoxy) is 1. The van der Waals surface area contributed by atoms with Crippen LogP contribution in [-0.4, -0.2) is 22.7 Å². The second-order valence-corrected chi connectivity index (χ2v) is 5.45. The zero-order valence-electron chi connectivity index (χ0n) is 11.5. The minimum absolute atomic E-state index is 0.0130. The number of aliphatic hydroxyl groups is 2. The van der Waals surface area contributed by atoms with Crippen molar-refractivity contribution in [3.63, 3.8) is 0 Å². The Balaban J connectivity index is 2.07. The number of aliphatic hydroxyl groups excluding tert-OH is 2. The van der Waals surface area contributed by atoms with Gasteiger partial charge in [0.1, 0.15) is 11.9 Å². The fraction of sp³-hybridized carbons (Fsp3) is 0.600. The lowest BCUT2D eigenvalue weighted by Gasteiger charge is -2.30. The van der Waals surface area contributed by atoms with Gasteiger partial charge >= 0.3 is 6.36 Å². The molecule has 1 aromatic rings. The van der Waals surface area contributed by atoms with Crippen LogP contribution in [0.4, 0.5) is 13.2 Å². The predicted octanol–water partition coefficient (Wildman–Crippen LogP) is 3.56. The van der Waals surface area contributed by atoms with E-state index < -0.39 is 24.3 Å². The fourth-order valence-electron chi connectivity index (χ4n) is 2.83. The summed E-state index contributed by atoms with van der Waals surface area (Å²) < 4.78 is 40.4. The molecule has 0 amide bonds. The number of hydrogen-bond acceptors (Lipinski definition) is 3. The van der Waals surface area contributed by atoms with E-state index in [1.54, 1.807) is 0 Å². The van der Waals surface area contributed by atoms with Gasteiger partial charge in [0.2, 0.25) is 0 Å². The van der Waals surface area contributed by atoms with Crippen molar-refractivity contribution in [3.05, 3.63) is 29.8 Å². The van der Waals surface area contributed by atoms with Crippen LogP contribution in [0.25, 0.3) is 0 Å². The van der Waals surface area contributed by atoms with E-state index in [-0.39, 0.29) is 11.5 Å². The molecular weight excluding hydrogens is 285 g/mol. The van der Waals surface area contributed by atoms with E-state index in [1.165, 1.54) is 12.1 Å². The minimum Gasteiger partial charge on any atom is -0.406 e. The Morgan fingerprint density at radius 3 is 2.38 bits per heavy atom. The van der Waals surface area contributed by atoms with Crippen molar-refractivity contribution in [2.45, 2.75) is 50.7 Å². The zero-order valence-corrected chi connectivity index (χ0v) is 11.5. The summed E-state index contributed by atoms with van der Waals surface area (Å²) in [5.74, 6) is -0.407. The largest absolute Gasteiger partial charge is 0.573 e. The van der Waals surface area contributed by atoms with Gasteiger partial charge in [-0.2, -0.15) is 0 Å². The molecule has 2 atom stereocenters. The monoisotopic (exact) mass is 304 g/mol. The first-order valence-corrected chi connectivity index (χ1v) is 7.08. The Morgan fingerprint density at radius 2 is 1.76 bits per heavy atom. The number of benzene rings is 1. The standard InChI is InChI=1S/C15H19F3O3/c16-15(17,18)21-12-8-4-7-11(9-12)14(20)13(19)10-5-2-1-3-6-10/h4,7-10,13-14,19-20H,1-3,5-6H2. The molecule has 1 fully saturated rings. The van der Waals surface area contributed by atoms with Gasteiger partial charge in [0.25, 0.3) is 0 Å². The van der Waals surface area contributed by atoms with Crippen molar-refractivity contribution >= 4 is 0 Å². The van der Waals surface area contributed by atoms with Crippen molar-refractivity contribution in [1.29, 1.82) is 0 Å². The van der Waals surface area contributed by atoms with E-state index in [2.05, 4.69) is 4.74 Å². The maximum atomic E-state index is 12.2. The van der Waals surface area contributed by atoms with E-state index in [4.69, 9.17) is 0 Å². The zero-order chi connectivity index (χ0) is 15.5. The van der Waals surface area contributed by atoms with Gasteiger partial charge < -0.3 is 14.9 Å². The fourth-order valence-corrected chi connectivity index (χ4v) is 2.83. The lowest BCUT2D eigenvalue weighted by Crippen LogP contribution is -2.29. The minimum atomic E-state index is -4.77. The Labute approximate surface area is 121 Å². The van der Waals surface area contributed by atoms with Crippen molar-refractivity contribution in [2.24, 2.45) is 5.92 Å². The lowest BCUT2D eigenvalue weighted by atomic mass is 9.82. The van der Waals surface area contributed by atoms with Crippen LogP contribution < -0.4 is 4.74 Å². The molecule has 0 radical (unpaired) electrons. The first kappa shape index (κ1) is 16.1. The highest BCUT2D eigenvalue weighted by Gasteiger charge is 2.32. The van der Waals surface area contributed by atoms with Gasteiger partial charge in [-0.25, -0.2) is 0 Å². The summed E-state index contributed by atoms with van der Waals surface area (Å²) in [6.07, 6.45) is -2.15. The van der Waals surface area contributed by atoms with Crippen molar-refractivity contribution in [1.82, 2.24) is 0 Å². The second-order valence-electron chi connectivity index (χ2n) is 5.45. The van der Waals surface area contributed by atoms with Crippen LogP contribution in [0.1, 0.15) is 43.8 Å². The first-order valence-electron chi connectivity index (χ1n) is 7.08. The van der Waals surface area contributed by atoms with Gasteiger partial charge in [0.15, 0.2) is 0 Å². The molecule has 2 unspecified atom stereocenters. The summed E-state index contributed by atoms with van der Waals surface area (Å²) in [6, 6.07) is 5.13. The van der Waals surface area contributed by atoms with Crippen LogP contribution in [0.15, 0.2) is 24.3 Å². The van der Waals surface area contributed by atoms with Gasteiger partial charge in [-0.15, -0.1) is 13.2 Å². The molecule has 0 heterocycles. The summed E-state index contributed by atoms with van der Waals surface area (Å²) in [5.41, 5.74) is 0.231. The molecule has 118 valence electrons. The Morgan fingerprint density at radius 1 is 1.10 bits per heavy atom. The number of halogens is 3. The molecule has 1 saturated carbocycles. The third-order valence-electron chi connectivity index (χ3n) is 3.89. The van der Waals surface area contributed by atoms with E-state index in [9.17, 15) is 23.4 Å². The lowest BCUT2D eigenvalue weighted by molar-refractivity contribution is -0.274. The van der Waals surface area contributed by atoms with Crippen molar-refractivity contribution < 1.29 is 28.1 Å². The molecule has 0 aromatic heterocycles. The summed E-state index contributed by atoms with van der Waals surface area (Å²) >= 11 is 0. The predicted molar refractivity (Wildman–Crippen MR) is 70.7 cm³/mol. The topological polar surface area (TPSA) is 49.7 Å². The molecular formula is C15H19F3O3. The quantitative estimate of drug-likeness (QED) is 0.894. The maximum Gasteiger partial charge on any atom is 0.573 e. The van der Waals surface area contributed by atoms with Gasteiger partial charge in [-0.3, -0.25) is 0 Å². The summed E-state index contributed by atoms with van der Waals surface area (Å²) in [4.78, 5) is 0. The highest BCUT2D eigenvalue weighted by atomic mass is 19.4. The van der Waals surface area contributed by atoms with Crippen molar-refractivity contribution in [3.8, 4) is 5.75 Å². The smallest absolute Gasteiger partial charge is 0.406 e. The van der Waals surface area contributed by atoms with E-state index in [0.717, 1.165) is 44.2 Å². The third-order valence-corrected chi connectivity index (χ3v) is 3.89. The normalized spacial score (nSPS) is 20.0. The van der Waals surface area contributed by atoms with Crippen LogP contribution in [0.5, 0.6) is 5.75 Å². The second kappa shape index (κ2) is 6.66. The van der Waals surface area contributed by atoms with Gasteiger partial charge in [0.05, 0.1) is 6.10 Å². The summed E-state index contributed by atoms with van der Waals surface area (Å²) in [6.45, 7) is 0. The number of alkyl halides is 3. The first-order chi connectivity index (χ1) is 9.87. The Hall–Kier alpha value is -1.27. The van der Waals surface area contributed by atoms with Gasteiger partial charge in [0, 0.05) is 0 Å². The molecule has 0 saturated heterocycles. The molecule has 0 spiro atoms. The van der Waals surface area contributed by atoms with Crippen molar-refractivity contribution in [2.75, 3.05) is 0 Å². The van der Waals surface area contributed by atoms with E-state index >= 15 is 0 Å². The molecule has 3 nitrogen and oxygen atoms in total. The Kier molecular flexibility index (Phi) is 5.11.